The van der Waals surface area contributed by atoms with Gasteiger partial charge in [-0.15, -0.1) is 0 Å². The van der Waals surface area contributed by atoms with Gasteiger partial charge >= 0.3 is 0 Å². The average molecular weight is 401 g/mol. The largest absolute Gasteiger partial charge is 0.340 e. The van der Waals surface area contributed by atoms with Gasteiger partial charge in [0.1, 0.15) is 23.4 Å². The minimum absolute atomic E-state index is 0.0524. The molecule has 0 amide bonds. The average Bonchev–Trinajstić information content (AvgIpc) is 3.07. The van der Waals surface area contributed by atoms with Crippen LogP contribution in [0.4, 0.5) is 0 Å². The number of hydrogen-bond acceptors (Lipinski definition) is 5. The van der Waals surface area contributed by atoms with Gasteiger partial charge in [0.25, 0.3) is 5.97 Å². The second-order valence-electron chi connectivity index (χ2n) is 10.8. The molecule has 0 N–H and O–H groups in total. The van der Waals surface area contributed by atoms with Gasteiger partial charge in [0, 0.05) is 25.2 Å². The zero-order valence-electron chi connectivity index (χ0n) is 18.1. The van der Waals surface area contributed by atoms with Crippen molar-refractivity contribution in [2.75, 3.05) is 0 Å². The first kappa shape index (κ1) is 18.8. The number of fused-ring (bicyclic) bond motifs is 1. The van der Waals surface area contributed by atoms with Crippen LogP contribution in [0.15, 0.2) is 36.5 Å². The van der Waals surface area contributed by atoms with Crippen molar-refractivity contribution in [1.82, 2.24) is 0 Å². The summed E-state index contributed by atoms with van der Waals surface area (Å²) in [6.45, 7) is 19.0. The molecule has 29 heavy (non-hydrogen) atoms. The van der Waals surface area contributed by atoms with Crippen LogP contribution in [0.2, 0.25) is 0 Å². The highest BCUT2D eigenvalue weighted by atomic mass is 16.9. The molecule has 3 saturated heterocycles. The van der Waals surface area contributed by atoms with Gasteiger partial charge in [-0.05, 0) is 45.1 Å². The predicted octanol–water partition coefficient (Wildman–Crippen LogP) is 4.24. The molecule has 158 valence electrons. The SMILES string of the molecule is C=C1CC2[C@H]3OC4(C)O[C@]2(C2C=C[C@@H]5OC(C)(C)O[C@]25C1)[C@H](C)C[C@]3(C(=C)C)O4. The normalized spacial score (nSPS) is 58.7. The summed E-state index contributed by atoms with van der Waals surface area (Å²) >= 11 is 0. The van der Waals surface area contributed by atoms with Gasteiger partial charge in [0.2, 0.25) is 0 Å². The van der Waals surface area contributed by atoms with E-state index in [1.807, 2.05) is 20.8 Å². The Kier molecular flexibility index (Phi) is 3.29. The summed E-state index contributed by atoms with van der Waals surface area (Å²) in [5.41, 5.74) is 0.735. The molecule has 1 spiro atoms. The van der Waals surface area contributed by atoms with Crippen molar-refractivity contribution < 1.29 is 23.7 Å². The molecule has 3 unspecified atom stereocenters. The number of hydrogen-bond donors (Lipinski definition) is 0. The molecule has 3 bridgehead atoms. The molecular weight excluding hydrogens is 368 g/mol. The Balaban J connectivity index is 1.57. The quantitative estimate of drug-likeness (QED) is 0.616. The second-order valence-corrected chi connectivity index (χ2v) is 10.8. The molecule has 0 aromatic carbocycles. The molecule has 0 aromatic rings. The molecule has 6 aliphatic rings. The smallest absolute Gasteiger partial charge is 0.281 e. The molecule has 9 atom stereocenters. The highest BCUT2D eigenvalue weighted by Gasteiger charge is 2.79. The van der Waals surface area contributed by atoms with Crippen LogP contribution >= 0.6 is 0 Å². The molecule has 3 aliphatic carbocycles. The fourth-order valence-electron chi connectivity index (χ4n) is 7.75. The first-order valence-corrected chi connectivity index (χ1v) is 10.9. The van der Waals surface area contributed by atoms with E-state index in [2.05, 4.69) is 39.2 Å². The predicted molar refractivity (Wildman–Crippen MR) is 107 cm³/mol. The summed E-state index contributed by atoms with van der Waals surface area (Å²) < 4.78 is 33.0. The van der Waals surface area contributed by atoms with Crippen LogP contribution in [0, 0.1) is 17.8 Å². The summed E-state index contributed by atoms with van der Waals surface area (Å²) in [7, 11) is 0. The second kappa shape index (κ2) is 5.08. The summed E-state index contributed by atoms with van der Waals surface area (Å²) in [4.78, 5) is 0. The Morgan fingerprint density at radius 3 is 2.59 bits per heavy atom. The number of rotatable bonds is 1. The summed E-state index contributed by atoms with van der Waals surface area (Å²) in [6.07, 6.45) is 6.73. The van der Waals surface area contributed by atoms with E-state index < -0.39 is 28.6 Å². The van der Waals surface area contributed by atoms with Crippen molar-refractivity contribution in [3.8, 4) is 0 Å². The van der Waals surface area contributed by atoms with Gasteiger partial charge in [0.05, 0.1) is 5.60 Å². The first-order chi connectivity index (χ1) is 13.5. The van der Waals surface area contributed by atoms with Crippen LogP contribution in [0.3, 0.4) is 0 Å². The van der Waals surface area contributed by atoms with E-state index in [1.165, 1.54) is 5.57 Å². The van der Waals surface area contributed by atoms with E-state index in [9.17, 15) is 0 Å². The Labute approximate surface area is 173 Å². The van der Waals surface area contributed by atoms with E-state index in [4.69, 9.17) is 23.7 Å². The topological polar surface area (TPSA) is 46.2 Å². The van der Waals surface area contributed by atoms with E-state index >= 15 is 0 Å². The van der Waals surface area contributed by atoms with Crippen molar-refractivity contribution in [1.29, 1.82) is 0 Å². The molecule has 5 fully saturated rings. The molecule has 5 heteroatoms. The van der Waals surface area contributed by atoms with Gasteiger partial charge in [0.15, 0.2) is 5.79 Å². The Morgan fingerprint density at radius 2 is 1.86 bits per heavy atom. The maximum atomic E-state index is 6.93. The molecule has 2 saturated carbocycles. The molecule has 6 rings (SSSR count). The van der Waals surface area contributed by atoms with Crippen molar-refractivity contribution >= 4 is 0 Å². The molecule has 0 radical (unpaired) electrons. The Hall–Kier alpha value is -0.980. The summed E-state index contributed by atoms with van der Waals surface area (Å²) in [6, 6.07) is 0. The lowest BCUT2D eigenvalue weighted by Crippen LogP contribution is -2.70. The van der Waals surface area contributed by atoms with Crippen LogP contribution in [0.25, 0.3) is 0 Å². The van der Waals surface area contributed by atoms with Crippen LogP contribution < -0.4 is 0 Å². The first-order valence-electron chi connectivity index (χ1n) is 10.9. The number of ether oxygens (including phenoxy) is 5. The van der Waals surface area contributed by atoms with E-state index in [0.29, 0.717) is 0 Å². The van der Waals surface area contributed by atoms with Gasteiger partial charge in [-0.3, -0.25) is 0 Å². The Bertz CT molecular complexity index is 861. The standard InChI is InChI=1S/C24H32O5/c1-13(2)22-12-15(4)24-16(19(22)26-21(7,28-22)29-24)10-14(3)11-23-17(24)8-9-18(23)25-20(5,6)27-23/h8-9,15-19H,1,3,10-12H2,2,4-7H3/t15-,16?,17?,18+,19-,21?,22-,23-,24-/m1/s1. The van der Waals surface area contributed by atoms with Crippen molar-refractivity contribution in [2.24, 2.45) is 17.8 Å². The fourth-order valence-corrected chi connectivity index (χ4v) is 7.75. The van der Waals surface area contributed by atoms with Crippen LogP contribution in [0.5, 0.6) is 0 Å². The maximum absolute atomic E-state index is 6.93. The fraction of sp³-hybridized carbons (Fsp3) is 0.750. The minimum Gasteiger partial charge on any atom is -0.340 e. The van der Waals surface area contributed by atoms with Crippen LogP contribution in [-0.4, -0.2) is 40.8 Å². The lowest BCUT2D eigenvalue weighted by atomic mass is 9.54. The lowest BCUT2D eigenvalue weighted by molar-refractivity contribution is -0.419. The van der Waals surface area contributed by atoms with Crippen LogP contribution in [0.1, 0.15) is 53.9 Å². The zero-order valence-corrected chi connectivity index (χ0v) is 18.1. The third-order valence-electron chi connectivity index (χ3n) is 8.43. The van der Waals surface area contributed by atoms with Gasteiger partial charge in [-0.25, -0.2) is 0 Å². The van der Waals surface area contributed by atoms with E-state index in [-0.39, 0.29) is 30.0 Å². The monoisotopic (exact) mass is 400 g/mol. The third kappa shape index (κ3) is 2.00. The van der Waals surface area contributed by atoms with Crippen molar-refractivity contribution in [2.45, 2.75) is 94.7 Å². The highest BCUT2D eigenvalue weighted by molar-refractivity contribution is 5.37. The minimum atomic E-state index is -1.07. The van der Waals surface area contributed by atoms with Gasteiger partial charge in [-0.2, -0.15) is 0 Å². The van der Waals surface area contributed by atoms with E-state index in [0.717, 1.165) is 24.8 Å². The third-order valence-corrected chi connectivity index (χ3v) is 8.43. The van der Waals surface area contributed by atoms with Crippen molar-refractivity contribution in [3.63, 3.8) is 0 Å². The summed E-state index contributed by atoms with van der Waals surface area (Å²) in [5, 5.41) is 0. The molecular formula is C24H32O5. The van der Waals surface area contributed by atoms with E-state index in [1.54, 1.807) is 0 Å². The van der Waals surface area contributed by atoms with Gasteiger partial charge in [-0.1, -0.05) is 37.8 Å². The lowest BCUT2D eigenvalue weighted by Gasteiger charge is -2.59. The molecule has 5 nitrogen and oxygen atoms in total. The van der Waals surface area contributed by atoms with Gasteiger partial charge < -0.3 is 23.7 Å². The molecule has 0 aromatic heterocycles. The Morgan fingerprint density at radius 1 is 1.10 bits per heavy atom. The van der Waals surface area contributed by atoms with Crippen molar-refractivity contribution in [3.05, 3.63) is 36.5 Å². The zero-order chi connectivity index (χ0) is 20.6. The summed E-state index contributed by atoms with van der Waals surface area (Å²) in [5.74, 6) is -1.27. The maximum Gasteiger partial charge on any atom is 0.281 e. The highest BCUT2D eigenvalue weighted by Crippen LogP contribution is 2.70. The molecule has 3 heterocycles. The van der Waals surface area contributed by atoms with Crippen LogP contribution in [-0.2, 0) is 23.7 Å². The molecule has 3 aliphatic heterocycles.